The molecule has 0 saturated carbocycles. The average molecular weight is 192 g/mol. The maximum atomic E-state index is 11.5. The molecule has 0 radical (unpaired) electrons. The molecule has 1 aromatic heterocycles. The number of nitrogens with two attached hydrogens (primary N) is 1. The summed E-state index contributed by atoms with van der Waals surface area (Å²) in [6.07, 6.45) is 0. The number of ketones is 1. The van der Waals surface area contributed by atoms with Crippen LogP contribution >= 0.6 is 11.3 Å². The number of hydrogen-bond acceptors (Lipinski definition) is 4. The minimum absolute atomic E-state index is 0.0300. The monoisotopic (exact) mass is 192 g/mol. The van der Waals surface area contributed by atoms with E-state index in [1.165, 1.54) is 11.3 Å². The van der Waals surface area contributed by atoms with Crippen LogP contribution in [-0.2, 0) is 0 Å². The number of carbonyl (C=O) groups is 1. The van der Waals surface area contributed by atoms with Gasteiger partial charge < -0.3 is 5.73 Å². The molecule has 1 aromatic rings. The fourth-order valence-corrected chi connectivity index (χ4v) is 1.52. The molecular formula is C9H8N2OS. The van der Waals surface area contributed by atoms with Crippen LogP contribution in [0.25, 0.3) is 0 Å². The largest absolute Gasteiger partial charge is 0.401 e. The van der Waals surface area contributed by atoms with E-state index in [0.29, 0.717) is 4.88 Å². The topological polar surface area (TPSA) is 66.9 Å². The van der Waals surface area contributed by atoms with Gasteiger partial charge in [-0.3, -0.25) is 4.79 Å². The molecule has 13 heavy (non-hydrogen) atoms. The molecule has 0 spiro atoms. The molecule has 66 valence electrons. The van der Waals surface area contributed by atoms with Gasteiger partial charge >= 0.3 is 0 Å². The fourth-order valence-electron chi connectivity index (χ4n) is 0.849. The van der Waals surface area contributed by atoms with Crippen LogP contribution in [0.1, 0.15) is 16.6 Å². The second-order valence-corrected chi connectivity index (χ2v) is 3.42. The first kappa shape index (κ1) is 9.49. The molecule has 0 unspecified atom stereocenters. The quantitative estimate of drug-likeness (QED) is 0.440. The van der Waals surface area contributed by atoms with Crippen LogP contribution in [0, 0.1) is 11.3 Å². The number of thiophene rings is 1. The highest BCUT2D eigenvalue weighted by molar-refractivity contribution is 7.12. The Hall–Kier alpha value is -1.60. The first-order chi connectivity index (χ1) is 6.16. The van der Waals surface area contributed by atoms with Crippen molar-refractivity contribution in [2.45, 2.75) is 6.92 Å². The molecular weight excluding hydrogens is 184 g/mol. The minimum Gasteiger partial charge on any atom is -0.401 e. The van der Waals surface area contributed by atoms with Crippen LogP contribution in [0.5, 0.6) is 0 Å². The zero-order chi connectivity index (χ0) is 9.84. The Balaban J connectivity index is 3.06. The van der Waals surface area contributed by atoms with Gasteiger partial charge in [0, 0.05) is 5.70 Å². The van der Waals surface area contributed by atoms with E-state index < -0.39 is 0 Å². The molecule has 1 heterocycles. The van der Waals surface area contributed by atoms with E-state index in [9.17, 15) is 4.79 Å². The van der Waals surface area contributed by atoms with E-state index in [4.69, 9.17) is 11.0 Å². The third kappa shape index (κ3) is 1.95. The Morgan fingerprint density at radius 2 is 2.38 bits per heavy atom. The molecule has 1 rings (SSSR count). The van der Waals surface area contributed by atoms with E-state index in [-0.39, 0.29) is 17.1 Å². The summed E-state index contributed by atoms with van der Waals surface area (Å²) in [5.41, 5.74) is 5.69. The zero-order valence-corrected chi connectivity index (χ0v) is 7.89. The summed E-state index contributed by atoms with van der Waals surface area (Å²) in [6.45, 7) is 1.55. The van der Waals surface area contributed by atoms with Crippen molar-refractivity contribution in [2.24, 2.45) is 5.73 Å². The number of Topliss-reactive ketones (excluding diaryl/α,β-unsaturated/α-hetero) is 1. The lowest BCUT2D eigenvalue weighted by Gasteiger charge is -1.96. The van der Waals surface area contributed by atoms with Crippen LogP contribution in [0.2, 0.25) is 0 Å². The van der Waals surface area contributed by atoms with Gasteiger partial charge in [-0.25, -0.2) is 0 Å². The average Bonchev–Trinajstić information content (AvgIpc) is 2.56. The molecule has 3 nitrogen and oxygen atoms in total. The molecule has 2 N–H and O–H groups in total. The predicted molar refractivity (Wildman–Crippen MR) is 51.1 cm³/mol. The Kier molecular flexibility index (Phi) is 2.83. The molecule has 0 amide bonds. The summed E-state index contributed by atoms with van der Waals surface area (Å²) in [6, 6.07) is 5.24. The van der Waals surface area contributed by atoms with E-state index >= 15 is 0 Å². The van der Waals surface area contributed by atoms with Gasteiger partial charge in [0.05, 0.1) is 4.88 Å². The van der Waals surface area contributed by atoms with E-state index in [2.05, 4.69) is 0 Å². The molecule has 0 fully saturated rings. The molecule has 4 heteroatoms. The number of rotatable bonds is 2. The highest BCUT2D eigenvalue weighted by Gasteiger charge is 2.14. The molecule has 0 aliphatic rings. The smallest absolute Gasteiger partial charge is 0.215 e. The summed E-state index contributed by atoms with van der Waals surface area (Å²) in [5.74, 6) is -0.294. The second kappa shape index (κ2) is 3.87. The van der Waals surface area contributed by atoms with Crippen LogP contribution in [0.3, 0.4) is 0 Å². The Labute approximate surface area is 80.1 Å². The molecule has 0 saturated heterocycles. The zero-order valence-electron chi connectivity index (χ0n) is 7.07. The summed E-state index contributed by atoms with van der Waals surface area (Å²) in [7, 11) is 0. The fraction of sp³-hybridized carbons (Fsp3) is 0.111. The Morgan fingerprint density at radius 1 is 1.69 bits per heavy atom. The van der Waals surface area contributed by atoms with Crippen molar-refractivity contribution in [1.82, 2.24) is 0 Å². The van der Waals surface area contributed by atoms with Crippen molar-refractivity contribution in [3.63, 3.8) is 0 Å². The van der Waals surface area contributed by atoms with Gasteiger partial charge in [0.15, 0.2) is 0 Å². The second-order valence-electron chi connectivity index (χ2n) is 2.48. The van der Waals surface area contributed by atoms with Gasteiger partial charge in [-0.15, -0.1) is 11.3 Å². The molecule has 0 bridgehead atoms. The van der Waals surface area contributed by atoms with Crippen LogP contribution in [0.15, 0.2) is 28.8 Å². The summed E-state index contributed by atoms with van der Waals surface area (Å²) < 4.78 is 0. The van der Waals surface area contributed by atoms with Crippen molar-refractivity contribution < 1.29 is 4.79 Å². The lowest BCUT2D eigenvalue weighted by Crippen LogP contribution is -2.06. The number of carbonyl (C=O) groups excluding carboxylic acids is 1. The standard InChI is InChI=1S/C9H8N2OS/c1-6(11)7(5-10)9(12)8-3-2-4-13-8/h2-4H,11H2,1H3/b7-6-. The van der Waals surface area contributed by atoms with Gasteiger partial charge in [-0.2, -0.15) is 5.26 Å². The predicted octanol–water partition coefficient (Wildman–Crippen LogP) is 1.69. The van der Waals surface area contributed by atoms with Gasteiger partial charge in [0.1, 0.15) is 11.6 Å². The Bertz CT molecular complexity index is 380. The third-order valence-electron chi connectivity index (χ3n) is 1.48. The lowest BCUT2D eigenvalue weighted by atomic mass is 10.1. The van der Waals surface area contributed by atoms with Gasteiger partial charge in [-0.1, -0.05) is 6.07 Å². The summed E-state index contributed by atoms with van der Waals surface area (Å²) in [5, 5.41) is 10.4. The van der Waals surface area contributed by atoms with Crippen LogP contribution in [-0.4, -0.2) is 5.78 Å². The normalized spacial score (nSPS) is 11.7. The summed E-state index contributed by atoms with van der Waals surface area (Å²) >= 11 is 1.30. The highest BCUT2D eigenvalue weighted by Crippen LogP contribution is 2.14. The lowest BCUT2D eigenvalue weighted by molar-refractivity contribution is 0.104. The van der Waals surface area contributed by atoms with Gasteiger partial charge in [0.25, 0.3) is 0 Å². The minimum atomic E-state index is -0.294. The maximum absolute atomic E-state index is 11.5. The summed E-state index contributed by atoms with van der Waals surface area (Å²) in [4.78, 5) is 12.1. The number of nitrogens with zero attached hydrogens (tertiary/aromatic N) is 1. The van der Waals surface area contributed by atoms with Crippen LogP contribution in [0.4, 0.5) is 0 Å². The number of allylic oxidation sites excluding steroid dienone is 2. The highest BCUT2D eigenvalue weighted by atomic mass is 32.1. The number of nitriles is 1. The first-order valence-corrected chi connectivity index (χ1v) is 4.49. The molecule has 0 aliphatic heterocycles. The van der Waals surface area contributed by atoms with Gasteiger partial charge in [0.2, 0.25) is 5.78 Å². The first-order valence-electron chi connectivity index (χ1n) is 3.61. The van der Waals surface area contributed by atoms with Crippen molar-refractivity contribution in [3.05, 3.63) is 33.7 Å². The van der Waals surface area contributed by atoms with Crippen LogP contribution < -0.4 is 5.73 Å². The van der Waals surface area contributed by atoms with E-state index in [1.54, 1.807) is 30.5 Å². The van der Waals surface area contributed by atoms with E-state index in [0.717, 1.165) is 0 Å². The van der Waals surface area contributed by atoms with Crippen molar-refractivity contribution >= 4 is 17.1 Å². The molecule has 0 aromatic carbocycles. The number of hydrogen-bond donors (Lipinski definition) is 1. The molecule has 0 atom stereocenters. The Morgan fingerprint density at radius 3 is 2.77 bits per heavy atom. The van der Waals surface area contributed by atoms with Gasteiger partial charge in [-0.05, 0) is 18.4 Å². The molecule has 0 aliphatic carbocycles. The van der Waals surface area contributed by atoms with E-state index in [1.807, 2.05) is 0 Å². The van der Waals surface area contributed by atoms with Crippen molar-refractivity contribution in [2.75, 3.05) is 0 Å². The van der Waals surface area contributed by atoms with Crippen molar-refractivity contribution in [3.8, 4) is 6.07 Å². The third-order valence-corrected chi connectivity index (χ3v) is 2.35. The van der Waals surface area contributed by atoms with Crippen molar-refractivity contribution in [1.29, 1.82) is 5.26 Å². The maximum Gasteiger partial charge on any atom is 0.215 e. The SMILES string of the molecule is C/C(N)=C(\C#N)C(=O)c1cccs1.